The number of anilines is 2. The number of amides is 1. The smallest absolute Gasteiger partial charge is 0.336 e. The molecule has 10 heteroatoms. The minimum Gasteiger partial charge on any atom is -0.478 e. The number of hydrogen-bond donors (Lipinski definition) is 2. The number of carbonyl (C=O) groups is 2. The molecule has 10 nitrogen and oxygen atoms in total. The number of carbonyl (C=O) groups excluding carboxylic acids is 1. The maximum absolute atomic E-state index is 13.6. The number of aliphatic imine (C=N–C) groups is 1. The summed E-state index contributed by atoms with van der Waals surface area (Å²) >= 11 is 0. The van der Waals surface area contributed by atoms with Crippen molar-refractivity contribution in [3.63, 3.8) is 0 Å². The molecule has 5 aromatic carbocycles. The normalized spacial score (nSPS) is 16.3. The van der Waals surface area contributed by atoms with Gasteiger partial charge in [0.2, 0.25) is 11.1 Å². The van der Waals surface area contributed by atoms with Crippen LogP contribution in [-0.4, -0.2) is 70.7 Å². The summed E-state index contributed by atoms with van der Waals surface area (Å²) in [6.07, 6.45) is 2.52. The second-order valence-electron chi connectivity index (χ2n) is 16.4. The minimum atomic E-state index is -1.13. The van der Waals surface area contributed by atoms with Crippen LogP contribution in [0.3, 0.4) is 0 Å². The van der Waals surface area contributed by atoms with Gasteiger partial charge in [0.1, 0.15) is 36.9 Å². The number of fused-ring (bicyclic) bond motifs is 6. The lowest BCUT2D eigenvalue weighted by atomic mass is 9.77. The molecule has 4 aliphatic rings. The SMILES string of the molecule is CN(C)c1ccc2c(-c3ccc(C(=O)NCCc4ccc5c(c4)C(C)(C)C4(C=Nc6c(ccc7ccccc67)O4)N5C)cc3C(=O)O)c3ccc(=[N+](C)C)cc-3oc2c1. The topological polar surface area (TPSA) is 111 Å². The van der Waals surface area contributed by atoms with E-state index in [0.717, 1.165) is 66.6 Å². The summed E-state index contributed by atoms with van der Waals surface area (Å²) < 4.78 is 15.3. The minimum absolute atomic E-state index is 0.0306. The molecule has 1 unspecified atom stereocenters. The summed E-state index contributed by atoms with van der Waals surface area (Å²) in [5.41, 5.74) is 6.68. The van der Waals surface area contributed by atoms with Crippen LogP contribution in [0.1, 0.15) is 45.7 Å². The Kier molecular flexibility index (Phi) is 8.84. The molecule has 9 rings (SSSR count). The average Bonchev–Trinajstić information content (AvgIpc) is 3.38. The van der Waals surface area contributed by atoms with Gasteiger partial charge in [0, 0.05) is 78.7 Å². The molecule has 2 N–H and O–H groups in total. The number of hydrogen-bond acceptors (Lipinski definition) is 7. The molecule has 0 saturated carbocycles. The first-order valence-corrected chi connectivity index (χ1v) is 19.7. The van der Waals surface area contributed by atoms with Gasteiger partial charge in [-0.2, -0.15) is 0 Å². The Morgan fingerprint density at radius 3 is 2.46 bits per heavy atom. The van der Waals surface area contributed by atoms with Crippen LogP contribution < -0.4 is 29.8 Å². The van der Waals surface area contributed by atoms with E-state index in [4.69, 9.17) is 14.1 Å². The van der Waals surface area contributed by atoms with Crippen LogP contribution >= 0.6 is 0 Å². The highest BCUT2D eigenvalue weighted by molar-refractivity contribution is 6.09. The van der Waals surface area contributed by atoms with Gasteiger partial charge in [-0.25, -0.2) is 9.37 Å². The van der Waals surface area contributed by atoms with Gasteiger partial charge in [0.25, 0.3) is 5.91 Å². The molecule has 3 aliphatic heterocycles. The lowest BCUT2D eigenvalue weighted by molar-refractivity contribution is 0.0697. The zero-order valence-electron chi connectivity index (χ0n) is 34.3. The zero-order valence-corrected chi connectivity index (χ0v) is 34.3. The molecule has 1 spiro atoms. The highest BCUT2D eigenvalue weighted by Gasteiger charge is 2.58. The summed E-state index contributed by atoms with van der Waals surface area (Å²) in [4.78, 5) is 35.7. The third-order valence-corrected chi connectivity index (χ3v) is 12.2. The summed E-state index contributed by atoms with van der Waals surface area (Å²) in [6, 6.07) is 35.4. The number of carboxylic acids is 1. The Morgan fingerprint density at radius 1 is 0.881 bits per heavy atom. The van der Waals surface area contributed by atoms with Crippen LogP contribution in [0, 0.1) is 0 Å². The quantitative estimate of drug-likeness (QED) is 0.124. The summed E-state index contributed by atoms with van der Waals surface area (Å²) in [6.45, 7) is 4.72. The highest BCUT2D eigenvalue weighted by atomic mass is 16.5. The second kappa shape index (κ2) is 13.9. The van der Waals surface area contributed by atoms with E-state index in [0.29, 0.717) is 29.9 Å². The molecule has 59 heavy (non-hydrogen) atoms. The summed E-state index contributed by atoms with van der Waals surface area (Å²) in [5.74, 6) is -0.0951. The lowest BCUT2D eigenvalue weighted by Crippen LogP contribution is -2.61. The second-order valence-corrected chi connectivity index (χ2v) is 16.4. The van der Waals surface area contributed by atoms with E-state index >= 15 is 0 Å². The monoisotopic (exact) mass is 784 g/mol. The van der Waals surface area contributed by atoms with Gasteiger partial charge in [0.15, 0.2) is 0 Å². The third kappa shape index (κ3) is 6.00. The van der Waals surface area contributed by atoms with Crippen molar-refractivity contribution in [1.29, 1.82) is 0 Å². The molecule has 1 amide bonds. The number of rotatable bonds is 7. The fourth-order valence-electron chi connectivity index (χ4n) is 8.78. The molecule has 0 saturated heterocycles. The Balaban J connectivity index is 0.973. The van der Waals surface area contributed by atoms with Crippen LogP contribution in [0.4, 0.5) is 17.1 Å². The van der Waals surface area contributed by atoms with E-state index in [-0.39, 0.29) is 17.0 Å². The van der Waals surface area contributed by atoms with Crippen LogP contribution in [0.25, 0.3) is 44.2 Å². The summed E-state index contributed by atoms with van der Waals surface area (Å²) in [5, 5.41) is 17.5. The number of nitrogens with zero attached hydrogens (tertiary/aromatic N) is 4. The van der Waals surface area contributed by atoms with Gasteiger partial charge >= 0.3 is 5.97 Å². The molecule has 0 fully saturated rings. The van der Waals surface area contributed by atoms with Crippen LogP contribution in [-0.2, 0) is 11.8 Å². The van der Waals surface area contributed by atoms with Gasteiger partial charge in [-0.1, -0.05) is 48.5 Å². The summed E-state index contributed by atoms with van der Waals surface area (Å²) in [7, 11) is 9.89. The van der Waals surface area contributed by atoms with Crippen LogP contribution in [0.2, 0.25) is 0 Å². The predicted molar refractivity (Wildman–Crippen MR) is 236 cm³/mol. The zero-order chi connectivity index (χ0) is 41.4. The fraction of sp³-hybridized carbons (Fsp3) is 0.224. The molecule has 1 aliphatic carbocycles. The van der Waals surface area contributed by atoms with E-state index in [2.05, 4.69) is 60.5 Å². The van der Waals surface area contributed by atoms with E-state index in [1.165, 1.54) is 6.07 Å². The Labute approximate surface area is 342 Å². The maximum Gasteiger partial charge on any atom is 0.336 e. The van der Waals surface area contributed by atoms with Crippen LogP contribution in [0.5, 0.6) is 5.75 Å². The first-order valence-electron chi connectivity index (χ1n) is 19.7. The van der Waals surface area contributed by atoms with Crippen molar-refractivity contribution in [2.24, 2.45) is 4.99 Å². The van der Waals surface area contributed by atoms with E-state index in [1.807, 2.05) is 106 Å². The first kappa shape index (κ1) is 37.6. The number of benzene rings is 6. The van der Waals surface area contributed by atoms with Gasteiger partial charge in [-0.05, 0) is 84.8 Å². The van der Waals surface area contributed by atoms with Crippen molar-refractivity contribution in [3.8, 4) is 28.2 Å². The van der Waals surface area contributed by atoms with Crippen molar-refractivity contribution < 1.29 is 23.8 Å². The van der Waals surface area contributed by atoms with E-state index in [1.54, 1.807) is 12.1 Å². The molecular weight excluding hydrogens is 739 g/mol. The van der Waals surface area contributed by atoms with Crippen LogP contribution in [0.15, 0.2) is 119 Å². The number of aromatic carboxylic acids is 1. The Bertz CT molecular complexity index is 2960. The largest absolute Gasteiger partial charge is 0.478 e. The molecule has 3 heterocycles. The molecule has 5 aromatic rings. The average molecular weight is 785 g/mol. The number of nitrogens with one attached hydrogen (secondary N) is 1. The molecule has 0 bridgehead atoms. The number of likely N-dealkylation sites (N-methyl/N-ethyl adjacent to an activating group) is 1. The van der Waals surface area contributed by atoms with Gasteiger partial charge in [-0.3, -0.25) is 9.79 Å². The van der Waals surface area contributed by atoms with Crippen molar-refractivity contribution in [3.05, 3.63) is 137 Å². The highest BCUT2D eigenvalue weighted by Crippen LogP contribution is 2.54. The molecule has 1 atom stereocenters. The molecular formula is C49H46N5O5+. The Hall–Kier alpha value is -6.94. The molecule has 0 aromatic heterocycles. The van der Waals surface area contributed by atoms with E-state index < -0.39 is 17.1 Å². The first-order chi connectivity index (χ1) is 28.3. The maximum atomic E-state index is 13.6. The van der Waals surface area contributed by atoms with Crippen molar-refractivity contribution in [1.82, 2.24) is 9.89 Å². The van der Waals surface area contributed by atoms with Gasteiger partial charge in [0.05, 0.1) is 23.3 Å². The van der Waals surface area contributed by atoms with Crippen molar-refractivity contribution in [2.75, 3.05) is 51.6 Å². The third-order valence-electron chi connectivity index (χ3n) is 12.2. The number of ether oxygens (including phenoxy) is 1. The van der Waals surface area contributed by atoms with E-state index in [9.17, 15) is 14.7 Å². The standard InChI is InChI=1S/C49H45N5O5/c1-48(2)39-24-29(12-20-40(39)54(7)49(48)28-51-45-34-11-9-8-10-30(34)14-21-41(45)59-49)22-23-50-46(55)31-13-17-35(38(25-31)47(56)57)44-36-18-15-32(52(3)4)26-42(36)58-43-27-33(53(5)6)16-19-37(43)44/h8-21,24-28H,22-23H2,1-7H3,(H-,50,55,56,57)/p+1. The van der Waals surface area contributed by atoms with Gasteiger partial charge < -0.3 is 29.4 Å². The molecule has 296 valence electrons. The fourth-order valence-corrected chi connectivity index (χ4v) is 8.78. The number of carboxylic acid groups (broad SMARTS) is 1. The van der Waals surface area contributed by atoms with Crippen molar-refractivity contribution in [2.45, 2.75) is 31.4 Å². The Morgan fingerprint density at radius 2 is 1.68 bits per heavy atom. The lowest BCUT2D eigenvalue weighted by Gasteiger charge is -2.45. The van der Waals surface area contributed by atoms with Crippen molar-refractivity contribution >= 4 is 56.9 Å². The molecule has 0 radical (unpaired) electrons. The van der Waals surface area contributed by atoms with Gasteiger partial charge in [-0.15, -0.1) is 0 Å². The predicted octanol–water partition coefficient (Wildman–Crippen LogP) is 8.34.